The Hall–Kier alpha value is -1.39. The lowest BCUT2D eigenvalue weighted by Crippen LogP contribution is -2.02. The maximum Gasteiger partial charge on any atom is 0.308 e. The lowest BCUT2D eigenvalue weighted by atomic mass is 10.1. The third-order valence-electron chi connectivity index (χ3n) is 5.62. The molecule has 2 fully saturated rings. The number of carbonyl (C=O) groups is 1. The van der Waals surface area contributed by atoms with Crippen LogP contribution >= 0.6 is 23.5 Å². The Morgan fingerprint density at radius 2 is 1.42 bits per heavy atom. The molecule has 6 atom stereocenters. The van der Waals surface area contributed by atoms with E-state index in [0.29, 0.717) is 11.2 Å². The molecular formula is C20H18O2S2. The van der Waals surface area contributed by atoms with Crippen LogP contribution in [0.3, 0.4) is 0 Å². The molecule has 2 aliphatic carbocycles. The Balaban J connectivity index is 0.000000110. The molecule has 2 aromatic carbocycles. The van der Waals surface area contributed by atoms with E-state index in [-0.39, 0.29) is 5.92 Å². The van der Waals surface area contributed by atoms with Gasteiger partial charge in [-0.05, 0) is 29.2 Å². The highest BCUT2D eigenvalue weighted by atomic mass is 32.2. The molecule has 0 amide bonds. The standard InChI is InChI=1S/C10H8O2S.C10H10S/c11-10(12)8-7-5-3-1-2-4-6(5)13-9(7)8;1-6-9-7-4-2-3-5-8(7)11-10(6)9/h1-4,7-9H,(H,11,12);2-6,9-10H,1H3. The van der Waals surface area contributed by atoms with E-state index in [0.717, 1.165) is 17.1 Å². The fourth-order valence-corrected chi connectivity index (χ4v) is 7.40. The summed E-state index contributed by atoms with van der Waals surface area (Å²) < 4.78 is 0. The van der Waals surface area contributed by atoms with Crippen molar-refractivity contribution in [1.29, 1.82) is 0 Å². The SMILES string of the molecule is CC1C2Sc3ccccc3C12.O=C(O)C1C2Sc3ccccc3C21. The molecule has 0 spiro atoms. The van der Waals surface area contributed by atoms with Crippen molar-refractivity contribution in [2.45, 2.75) is 39.1 Å². The van der Waals surface area contributed by atoms with Crippen molar-refractivity contribution in [3.63, 3.8) is 0 Å². The summed E-state index contributed by atoms with van der Waals surface area (Å²) in [5.74, 6) is 1.36. The summed E-state index contributed by atoms with van der Waals surface area (Å²) >= 11 is 3.79. The molecule has 0 aromatic heterocycles. The van der Waals surface area contributed by atoms with Crippen LogP contribution in [0, 0.1) is 11.8 Å². The minimum Gasteiger partial charge on any atom is -0.481 e. The second-order valence-electron chi connectivity index (χ2n) is 7.02. The van der Waals surface area contributed by atoms with Crippen molar-refractivity contribution < 1.29 is 9.90 Å². The molecule has 24 heavy (non-hydrogen) atoms. The Labute approximate surface area is 150 Å². The van der Waals surface area contributed by atoms with Gasteiger partial charge in [0.15, 0.2) is 0 Å². The van der Waals surface area contributed by atoms with E-state index < -0.39 is 5.97 Å². The molecule has 2 aromatic rings. The zero-order valence-electron chi connectivity index (χ0n) is 13.3. The summed E-state index contributed by atoms with van der Waals surface area (Å²) in [7, 11) is 0. The van der Waals surface area contributed by atoms with Gasteiger partial charge in [0.25, 0.3) is 0 Å². The van der Waals surface area contributed by atoms with Crippen LogP contribution in [0.4, 0.5) is 0 Å². The van der Waals surface area contributed by atoms with Gasteiger partial charge in [0.2, 0.25) is 0 Å². The number of benzene rings is 2. The van der Waals surface area contributed by atoms with Gasteiger partial charge in [-0.2, -0.15) is 0 Å². The number of rotatable bonds is 1. The van der Waals surface area contributed by atoms with Gasteiger partial charge in [-0.25, -0.2) is 0 Å². The van der Waals surface area contributed by atoms with Gasteiger partial charge in [-0.1, -0.05) is 43.3 Å². The van der Waals surface area contributed by atoms with E-state index in [2.05, 4.69) is 55.1 Å². The molecule has 0 saturated heterocycles. The van der Waals surface area contributed by atoms with Crippen molar-refractivity contribution in [3.05, 3.63) is 59.7 Å². The number of hydrogen-bond acceptors (Lipinski definition) is 3. The molecule has 4 aliphatic rings. The van der Waals surface area contributed by atoms with Crippen molar-refractivity contribution in [3.8, 4) is 0 Å². The predicted molar refractivity (Wildman–Crippen MR) is 97.9 cm³/mol. The minimum absolute atomic E-state index is 0.125. The summed E-state index contributed by atoms with van der Waals surface area (Å²) in [5, 5.41) is 10.1. The number of fused-ring (bicyclic) bond motifs is 6. The van der Waals surface area contributed by atoms with Gasteiger partial charge in [-0.15, -0.1) is 23.5 Å². The Kier molecular flexibility index (Phi) is 3.29. The summed E-state index contributed by atoms with van der Waals surface area (Å²) in [6, 6.07) is 17.0. The van der Waals surface area contributed by atoms with E-state index in [1.165, 1.54) is 15.4 Å². The summed E-state index contributed by atoms with van der Waals surface area (Å²) in [6.07, 6.45) is 0. The molecule has 0 bridgehead atoms. The normalized spacial score (nSPS) is 35.7. The molecule has 2 aliphatic heterocycles. The summed E-state index contributed by atoms with van der Waals surface area (Å²) in [6.45, 7) is 2.36. The van der Waals surface area contributed by atoms with Gasteiger partial charge < -0.3 is 5.11 Å². The molecule has 1 N–H and O–H groups in total. The van der Waals surface area contributed by atoms with Gasteiger partial charge in [0, 0.05) is 32.1 Å². The topological polar surface area (TPSA) is 37.3 Å². The lowest BCUT2D eigenvalue weighted by Gasteiger charge is -2.02. The first-order valence-corrected chi connectivity index (χ1v) is 10.2. The van der Waals surface area contributed by atoms with Gasteiger partial charge in [0.1, 0.15) is 0 Å². The number of hydrogen-bond donors (Lipinski definition) is 1. The Morgan fingerprint density at radius 3 is 2.04 bits per heavy atom. The molecule has 2 heterocycles. The van der Waals surface area contributed by atoms with E-state index >= 15 is 0 Å². The summed E-state index contributed by atoms with van der Waals surface area (Å²) in [4.78, 5) is 13.6. The molecule has 6 unspecified atom stereocenters. The van der Waals surface area contributed by atoms with Gasteiger partial charge in [0.05, 0.1) is 5.92 Å². The molecule has 122 valence electrons. The average Bonchev–Trinajstić information content (AvgIpc) is 3.33. The zero-order chi connectivity index (χ0) is 16.4. The zero-order valence-corrected chi connectivity index (χ0v) is 14.9. The lowest BCUT2D eigenvalue weighted by molar-refractivity contribution is -0.138. The molecule has 0 radical (unpaired) electrons. The monoisotopic (exact) mass is 354 g/mol. The van der Waals surface area contributed by atoms with Crippen molar-refractivity contribution in [1.82, 2.24) is 0 Å². The fourth-order valence-electron chi connectivity index (χ4n) is 4.18. The second kappa shape index (κ2) is 5.30. The van der Waals surface area contributed by atoms with E-state index in [4.69, 9.17) is 5.11 Å². The third kappa shape index (κ3) is 2.16. The van der Waals surface area contributed by atoms with Crippen molar-refractivity contribution >= 4 is 29.5 Å². The molecule has 6 rings (SSSR count). The number of carboxylic acid groups (broad SMARTS) is 1. The van der Waals surface area contributed by atoms with E-state index in [1.54, 1.807) is 17.3 Å². The number of carboxylic acids is 1. The van der Waals surface area contributed by atoms with Crippen LogP contribution < -0.4 is 0 Å². The fraction of sp³-hybridized carbons (Fsp3) is 0.350. The highest BCUT2D eigenvalue weighted by Gasteiger charge is 2.60. The minimum atomic E-state index is -0.642. The molecule has 4 heteroatoms. The maximum atomic E-state index is 10.8. The van der Waals surface area contributed by atoms with E-state index in [9.17, 15) is 4.79 Å². The van der Waals surface area contributed by atoms with Crippen LogP contribution in [0.1, 0.15) is 29.9 Å². The number of aliphatic carboxylic acids is 1. The second-order valence-corrected chi connectivity index (χ2v) is 9.46. The molecular weight excluding hydrogens is 336 g/mol. The van der Waals surface area contributed by atoms with Crippen LogP contribution in [-0.2, 0) is 4.79 Å². The van der Waals surface area contributed by atoms with Crippen LogP contribution in [0.25, 0.3) is 0 Å². The smallest absolute Gasteiger partial charge is 0.308 e. The quantitative estimate of drug-likeness (QED) is 0.794. The van der Waals surface area contributed by atoms with Gasteiger partial charge >= 0.3 is 5.97 Å². The van der Waals surface area contributed by atoms with Crippen LogP contribution in [0.15, 0.2) is 58.3 Å². The average molecular weight is 354 g/mol. The van der Waals surface area contributed by atoms with E-state index in [1.807, 2.05) is 12.1 Å². The largest absolute Gasteiger partial charge is 0.481 e. The highest BCUT2D eigenvalue weighted by Crippen LogP contribution is 2.65. The van der Waals surface area contributed by atoms with Crippen LogP contribution in [-0.4, -0.2) is 21.6 Å². The first-order valence-electron chi connectivity index (χ1n) is 8.41. The Morgan fingerprint density at radius 1 is 0.875 bits per heavy atom. The van der Waals surface area contributed by atoms with Crippen LogP contribution in [0.5, 0.6) is 0 Å². The maximum absolute atomic E-state index is 10.8. The predicted octanol–water partition coefficient (Wildman–Crippen LogP) is 4.85. The molecule has 2 nitrogen and oxygen atoms in total. The third-order valence-corrected chi connectivity index (χ3v) is 8.72. The first-order chi connectivity index (χ1) is 11.7. The van der Waals surface area contributed by atoms with Crippen molar-refractivity contribution in [2.75, 3.05) is 0 Å². The van der Waals surface area contributed by atoms with Gasteiger partial charge in [-0.3, -0.25) is 4.79 Å². The van der Waals surface area contributed by atoms with Crippen LogP contribution in [0.2, 0.25) is 0 Å². The summed E-state index contributed by atoms with van der Waals surface area (Å²) in [5.41, 5.74) is 2.85. The molecule has 2 saturated carbocycles. The first kappa shape index (κ1) is 14.9. The van der Waals surface area contributed by atoms with Crippen molar-refractivity contribution in [2.24, 2.45) is 11.8 Å². The Bertz CT molecular complexity index is 834. The highest BCUT2D eigenvalue weighted by molar-refractivity contribution is 8.01. The number of thioether (sulfide) groups is 2.